The number of carbonyl (C=O) groups is 1. The van der Waals surface area contributed by atoms with Gasteiger partial charge in [-0.1, -0.05) is 40.2 Å². The maximum absolute atomic E-state index is 12.5. The van der Waals surface area contributed by atoms with Gasteiger partial charge in [-0.2, -0.15) is 0 Å². The molecule has 0 saturated heterocycles. The van der Waals surface area contributed by atoms with Crippen LogP contribution in [0.3, 0.4) is 0 Å². The molecule has 1 N–H and O–H groups in total. The summed E-state index contributed by atoms with van der Waals surface area (Å²) < 4.78 is 3.86. The first-order valence-electron chi connectivity index (χ1n) is 6.70. The molecule has 3 rings (SSSR count). The van der Waals surface area contributed by atoms with Crippen molar-refractivity contribution >= 4 is 32.9 Å². The number of carboxylic acids is 1. The molecule has 0 bridgehead atoms. The summed E-state index contributed by atoms with van der Waals surface area (Å²) in [7, 11) is 0. The van der Waals surface area contributed by atoms with E-state index in [9.17, 15) is 9.59 Å². The Kier molecular flexibility index (Phi) is 3.85. The SMILES string of the molecule is O=C(O)Cn1c(=O)n(Cc2ccc(Br)cc2)c2ccccc21. The first-order chi connectivity index (χ1) is 10.6. The van der Waals surface area contributed by atoms with E-state index in [-0.39, 0.29) is 12.2 Å². The summed E-state index contributed by atoms with van der Waals surface area (Å²) in [6.45, 7) is 0.0614. The van der Waals surface area contributed by atoms with E-state index in [1.807, 2.05) is 36.4 Å². The van der Waals surface area contributed by atoms with Crippen molar-refractivity contribution in [2.75, 3.05) is 0 Å². The number of carboxylic acid groups (broad SMARTS) is 1. The molecule has 0 amide bonds. The molecule has 0 saturated carbocycles. The number of hydrogen-bond donors (Lipinski definition) is 1. The maximum Gasteiger partial charge on any atom is 0.329 e. The van der Waals surface area contributed by atoms with Crippen LogP contribution in [0.1, 0.15) is 5.56 Å². The average molecular weight is 361 g/mol. The normalized spacial score (nSPS) is 11.0. The minimum atomic E-state index is -1.03. The molecule has 0 radical (unpaired) electrons. The fourth-order valence-electron chi connectivity index (χ4n) is 2.49. The number of aromatic nitrogens is 2. The summed E-state index contributed by atoms with van der Waals surface area (Å²) in [6.07, 6.45) is 0. The second-order valence-electron chi connectivity index (χ2n) is 4.96. The number of hydrogen-bond acceptors (Lipinski definition) is 2. The first kappa shape index (κ1) is 14.6. The lowest BCUT2D eigenvalue weighted by Gasteiger charge is -2.03. The molecule has 22 heavy (non-hydrogen) atoms. The monoisotopic (exact) mass is 360 g/mol. The summed E-state index contributed by atoms with van der Waals surface area (Å²) in [5.41, 5.74) is 2.03. The van der Waals surface area contributed by atoms with Gasteiger partial charge in [0, 0.05) is 4.47 Å². The van der Waals surface area contributed by atoms with Gasteiger partial charge in [-0.25, -0.2) is 4.79 Å². The highest BCUT2D eigenvalue weighted by atomic mass is 79.9. The zero-order chi connectivity index (χ0) is 15.7. The van der Waals surface area contributed by atoms with Crippen molar-refractivity contribution in [3.63, 3.8) is 0 Å². The van der Waals surface area contributed by atoms with Gasteiger partial charge in [-0.15, -0.1) is 0 Å². The molecule has 0 aliphatic carbocycles. The third kappa shape index (κ3) is 2.69. The van der Waals surface area contributed by atoms with Crippen LogP contribution in [-0.4, -0.2) is 20.2 Å². The summed E-state index contributed by atoms with van der Waals surface area (Å²) >= 11 is 3.38. The summed E-state index contributed by atoms with van der Waals surface area (Å²) in [4.78, 5) is 23.5. The Balaban J connectivity index is 2.13. The van der Waals surface area contributed by atoms with E-state index in [1.54, 1.807) is 16.7 Å². The van der Waals surface area contributed by atoms with Crippen molar-refractivity contribution in [3.8, 4) is 0 Å². The predicted molar refractivity (Wildman–Crippen MR) is 87.1 cm³/mol. The van der Waals surface area contributed by atoms with Crippen molar-refractivity contribution in [2.45, 2.75) is 13.1 Å². The topological polar surface area (TPSA) is 64.2 Å². The zero-order valence-corrected chi connectivity index (χ0v) is 13.2. The van der Waals surface area contributed by atoms with Crippen LogP contribution in [0, 0.1) is 0 Å². The number of imidazole rings is 1. The maximum atomic E-state index is 12.5. The van der Waals surface area contributed by atoms with Crippen LogP contribution in [-0.2, 0) is 17.9 Å². The summed E-state index contributed by atoms with van der Waals surface area (Å²) in [6, 6.07) is 14.9. The molecular formula is C16H13BrN2O3. The number of aliphatic carboxylic acids is 1. The molecule has 3 aromatic rings. The Morgan fingerprint density at radius 1 is 1.00 bits per heavy atom. The van der Waals surface area contributed by atoms with E-state index in [0.717, 1.165) is 15.6 Å². The molecule has 5 nitrogen and oxygen atoms in total. The fraction of sp³-hybridized carbons (Fsp3) is 0.125. The molecular weight excluding hydrogens is 348 g/mol. The first-order valence-corrected chi connectivity index (χ1v) is 7.50. The molecule has 6 heteroatoms. The third-order valence-electron chi connectivity index (χ3n) is 3.47. The molecule has 1 heterocycles. The van der Waals surface area contributed by atoms with E-state index >= 15 is 0 Å². The van der Waals surface area contributed by atoms with Gasteiger partial charge >= 0.3 is 11.7 Å². The molecule has 112 valence electrons. The van der Waals surface area contributed by atoms with E-state index < -0.39 is 5.97 Å². The highest BCUT2D eigenvalue weighted by Crippen LogP contribution is 2.16. The Bertz CT molecular complexity index is 894. The van der Waals surface area contributed by atoms with Gasteiger partial charge in [-0.05, 0) is 29.8 Å². The number of halogens is 1. The largest absolute Gasteiger partial charge is 0.480 e. The summed E-state index contributed by atoms with van der Waals surface area (Å²) in [5.74, 6) is -1.03. The highest BCUT2D eigenvalue weighted by Gasteiger charge is 2.14. The van der Waals surface area contributed by atoms with Gasteiger partial charge in [0.1, 0.15) is 6.54 Å². The molecule has 0 fully saturated rings. The van der Waals surface area contributed by atoms with E-state index in [0.29, 0.717) is 12.1 Å². The quantitative estimate of drug-likeness (QED) is 0.777. The Labute approximate surface area is 134 Å². The Morgan fingerprint density at radius 2 is 1.59 bits per heavy atom. The van der Waals surface area contributed by atoms with Crippen LogP contribution >= 0.6 is 15.9 Å². The van der Waals surface area contributed by atoms with Gasteiger partial charge in [-0.3, -0.25) is 13.9 Å². The van der Waals surface area contributed by atoms with Gasteiger partial charge in [0.05, 0.1) is 17.6 Å². The second kappa shape index (κ2) is 5.81. The van der Waals surface area contributed by atoms with Crippen molar-refractivity contribution in [1.29, 1.82) is 0 Å². The highest BCUT2D eigenvalue weighted by molar-refractivity contribution is 9.10. The lowest BCUT2D eigenvalue weighted by molar-refractivity contribution is -0.137. The van der Waals surface area contributed by atoms with Gasteiger partial charge in [0.25, 0.3) is 0 Å². The smallest absolute Gasteiger partial charge is 0.329 e. The van der Waals surface area contributed by atoms with Gasteiger partial charge in [0.2, 0.25) is 0 Å². The molecule has 0 atom stereocenters. The lowest BCUT2D eigenvalue weighted by Crippen LogP contribution is -2.27. The van der Waals surface area contributed by atoms with E-state index in [2.05, 4.69) is 15.9 Å². The minimum absolute atomic E-state index is 0.313. The van der Waals surface area contributed by atoms with Gasteiger partial charge in [0.15, 0.2) is 0 Å². The van der Waals surface area contributed by atoms with Crippen molar-refractivity contribution in [1.82, 2.24) is 9.13 Å². The van der Waals surface area contributed by atoms with Crippen LogP contribution in [0.25, 0.3) is 11.0 Å². The Morgan fingerprint density at radius 3 is 2.18 bits per heavy atom. The van der Waals surface area contributed by atoms with Crippen LogP contribution < -0.4 is 5.69 Å². The van der Waals surface area contributed by atoms with Gasteiger partial charge < -0.3 is 5.11 Å². The molecule has 2 aromatic carbocycles. The van der Waals surface area contributed by atoms with Crippen molar-refractivity contribution in [2.24, 2.45) is 0 Å². The number of rotatable bonds is 4. The Hall–Kier alpha value is -2.34. The van der Waals surface area contributed by atoms with Crippen molar-refractivity contribution < 1.29 is 9.90 Å². The van der Waals surface area contributed by atoms with Crippen molar-refractivity contribution in [3.05, 3.63) is 69.1 Å². The standard InChI is InChI=1S/C16H13BrN2O3/c17-12-7-5-11(6-8-12)9-18-13-3-1-2-4-14(13)19(16(18)22)10-15(20)21/h1-8H,9-10H2,(H,20,21). The number of para-hydroxylation sites is 2. The number of fused-ring (bicyclic) bond motifs is 1. The van der Waals surface area contributed by atoms with Crippen LogP contribution in [0.4, 0.5) is 0 Å². The van der Waals surface area contributed by atoms with E-state index in [1.165, 1.54) is 4.57 Å². The molecule has 0 unspecified atom stereocenters. The van der Waals surface area contributed by atoms with Crippen LogP contribution in [0.2, 0.25) is 0 Å². The third-order valence-corrected chi connectivity index (χ3v) is 4.00. The zero-order valence-electron chi connectivity index (χ0n) is 11.6. The molecule has 0 aliphatic rings. The molecule has 0 aliphatic heterocycles. The van der Waals surface area contributed by atoms with E-state index in [4.69, 9.17) is 5.11 Å². The number of nitrogens with zero attached hydrogens (tertiary/aromatic N) is 2. The number of benzene rings is 2. The van der Waals surface area contributed by atoms with Crippen LogP contribution in [0.15, 0.2) is 57.8 Å². The molecule has 1 aromatic heterocycles. The average Bonchev–Trinajstić information content (AvgIpc) is 2.75. The van der Waals surface area contributed by atoms with Crippen LogP contribution in [0.5, 0.6) is 0 Å². The minimum Gasteiger partial charge on any atom is -0.480 e. The second-order valence-corrected chi connectivity index (χ2v) is 5.88. The molecule has 0 spiro atoms. The predicted octanol–water partition coefficient (Wildman–Crippen LogP) is 2.70. The fourth-order valence-corrected chi connectivity index (χ4v) is 2.75. The summed E-state index contributed by atoms with van der Waals surface area (Å²) in [5, 5.41) is 9.01. The lowest BCUT2D eigenvalue weighted by atomic mass is 10.2.